The summed E-state index contributed by atoms with van der Waals surface area (Å²) in [5.41, 5.74) is 1.41. The molecule has 1 saturated carbocycles. The Labute approximate surface area is 143 Å². The van der Waals surface area contributed by atoms with Gasteiger partial charge in [0.15, 0.2) is 0 Å². The van der Waals surface area contributed by atoms with Gasteiger partial charge in [0.05, 0.1) is 19.3 Å². The van der Waals surface area contributed by atoms with Crippen LogP contribution in [0.1, 0.15) is 43.8 Å². The van der Waals surface area contributed by atoms with Crippen LogP contribution in [0.3, 0.4) is 0 Å². The second kappa shape index (κ2) is 8.58. The standard InChI is InChI=1S/C18H30N2O2S/c21-17(16-4-11-23-13-16)12-19-14-18(5-2-1-3-6-18)15-20-7-9-22-10-8-20/h4,11,13,17,19,21H,1-3,5-10,12,14-15H2. The summed E-state index contributed by atoms with van der Waals surface area (Å²) in [4.78, 5) is 2.58. The van der Waals surface area contributed by atoms with E-state index in [-0.39, 0.29) is 6.10 Å². The Kier molecular flexibility index (Phi) is 6.48. The number of hydrogen-bond acceptors (Lipinski definition) is 5. The lowest BCUT2D eigenvalue weighted by Gasteiger charge is -2.42. The largest absolute Gasteiger partial charge is 0.387 e. The predicted molar refractivity (Wildman–Crippen MR) is 94.9 cm³/mol. The van der Waals surface area contributed by atoms with E-state index in [2.05, 4.69) is 10.2 Å². The molecular formula is C18H30N2O2S. The van der Waals surface area contributed by atoms with Crippen molar-refractivity contribution in [2.45, 2.75) is 38.2 Å². The zero-order valence-corrected chi connectivity index (χ0v) is 14.8. The molecule has 1 aliphatic carbocycles. The molecule has 1 unspecified atom stereocenters. The van der Waals surface area contributed by atoms with E-state index in [4.69, 9.17) is 4.74 Å². The van der Waals surface area contributed by atoms with Gasteiger partial charge in [0.2, 0.25) is 0 Å². The van der Waals surface area contributed by atoms with E-state index in [1.165, 1.54) is 38.6 Å². The minimum atomic E-state index is -0.384. The highest BCUT2D eigenvalue weighted by Gasteiger charge is 2.34. The van der Waals surface area contributed by atoms with Crippen LogP contribution in [0.25, 0.3) is 0 Å². The quantitative estimate of drug-likeness (QED) is 0.802. The first-order valence-electron chi connectivity index (χ1n) is 8.98. The molecule has 0 spiro atoms. The summed E-state index contributed by atoms with van der Waals surface area (Å²) in [6, 6.07) is 2.02. The fourth-order valence-corrected chi connectivity index (χ4v) is 4.69. The van der Waals surface area contributed by atoms with Crippen molar-refractivity contribution in [2.75, 3.05) is 45.9 Å². The molecule has 5 heteroatoms. The number of rotatable bonds is 7. The van der Waals surface area contributed by atoms with Crippen molar-refractivity contribution in [3.05, 3.63) is 22.4 Å². The molecule has 1 aromatic heterocycles. The topological polar surface area (TPSA) is 44.7 Å². The van der Waals surface area contributed by atoms with Gasteiger partial charge in [-0.15, -0.1) is 0 Å². The number of nitrogens with one attached hydrogen (secondary N) is 1. The molecule has 2 N–H and O–H groups in total. The van der Waals surface area contributed by atoms with Gasteiger partial charge in [-0.2, -0.15) is 11.3 Å². The molecule has 0 aromatic carbocycles. The molecule has 1 atom stereocenters. The van der Waals surface area contributed by atoms with Gasteiger partial charge in [-0.1, -0.05) is 19.3 Å². The summed E-state index contributed by atoms with van der Waals surface area (Å²) in [6.45, 7) is 6.74. The number of hydrogen-bond donors (Lipinski definition) is 2. The Morgan fingerprint density at radius 1 is 1.26 bits per heavy atom. The molecule has 3 rings (SSSR count). The molecule has 4 nitrogen and oxygen atoms in total. The Balaban J connectivity index is 1.51. The summed E-state index contributed by atoms with van der Waals surface area (Å²) >= 11 is 1.65. The molecule has 2 fully saturated rings. The Bertz CT molecular complexity index is 440. The number of thiophene rings is 1. The Morgan fingerprint density at radius 2 is 2.04 bits per heavy atom. The third-order valence-corrected chi connectivity index (χ3v) is 6.04. The van der Waals surface area contributed by atoms with Crippen molar-refractivity contribution in [1.82, 2.24) is 10.2 Å². The van der Waals surface area contributed by atoms with Gasteiger partial charge < -0.3 is 15.2 Å². The van der Waals surface area contributed by atoms with E-state index in [1.54, 1.807) is 11.3 Å². The lowest BCUT2D eigenvalue weighted by molar-refractivity contribution is 0.00654. The van der Waals surface area contributed by atoms with Gasteiger partial charge in [0.25, 0.3) is 0 Å². The summed E-state index contributed by atoms with van der Waals surface area (Å²) in [7, 11) is 0. The highest BCUT2D eigenvalue weighted by molar-refractivity contribution is 7.07. The summed E-state index contributed by atoms with van der Waals surface area (Å²) in [5.74, 6) is 0. The first-order valence-corrected chi connectivity index (χ1v) is 9.93. The molecule has 0 bridgehead atoms. The highest BCUT2D eigenvalue weighted by Crippen LogP contribution is 2.37. The van der Waals surface area contributed by atoms with Gasteiger partial charge >= 0.3 is 0 Å². The van der Waals surface area contributed by atoms with Gasteiger partial charge in [0, 0.05) is 32.7 Å². The number of aliphatic hydroxyl groups is 1. The van der Waals surface area contributed by atoms with E-state index in [0.29, 0.717) is 12.0 Å². The molecule has 1 aliphatic heterocycles. The van der Waals surface area contributed by atoms with Crippen molar-refractivity contribution in [3.63, 3.8) is 0 Å². The molecular weight excluding hydrogens is 308 g/mol. The van der Waals surface area contributed by atoms with Crippen LogP contribution in [0.2, 0.25) is 0 Å². The third kappa shape index (κ3) is 5.00. The average molecular weight is 339 g/mol. The summed E-state index contributed by atoms with van der Waals surface area (Å²) < 4.78 is 5.49. The van der Waals surface area contributed by atoms with Crippen LogP contribution >= 0.6 is 11.3 Å². The van der Waals surface area contributed by atoms with E-state index >= 15 is 0 Å². The minimum Gasteiger partial charge on any atom is -0.387 e. The van der Waals surface area contributed by atoms with Crippen LogP contribution in [0, 0.1) is 5.41 Å². The van der Waals surface area contributed by atoms with Crippen LogP contribution in [0.5, 0.6) is 0 Å². The molecule has 1 aromatic rings. The van der Waals surface area contributed by atoms with Gasteiger partial charge in [0.1, 0.15) is 0 Å². The maximum atomic E-state index is 10.3. The lowest BCUT2D eigenvalue weighted by Crippen LogP contribution is -2.49. The summed E-state index contributed by atoms with van der Waals surface area (Å²) in [6.07, 6.45) is 6.31. The van der Waals surface area contributed by atoms with Crippen molar-refractivity contribution in [3.8, 4) is 0 Å². The van der Waals surface area contributed by atoms with Crippen molar-refractivity contribution >= 4 is 11.3 Å². The van der Waals surface area contributed by atoms with Crippen molar-refractivity contribution in [1.29, 1.82) is 0 Å². The zero-order valence-electron chi connectivity index (χ0n) is 14.0. The first kappa shape index (κ1) is 17.4. The minimum absolute atomic E-state index is 0.379. The molecule has 23 heavy (non-hydrogen) atoms. The molecule has 0 amide bonds. The van der Waals surface area contributed by atoms with Gasteiger partial charge in [-0.05, 0) is 40.6 Å². The highest BCUT2D eigenvalue weighted by atomic mass is 32.1. The predicted octanol–water partition coefficient (Wildman–Crippen LogP) is 2.65. The second-order valence-corrected chi connectivity index (χ2v) is 7.93. The van der Waals surface area contributed by atoms with E-state index < -0.39 is 0 Å². The van der Waals surface area contributed by atoms with Crippen LogP contribution in [-0.2, 0) is 4.74 Å². The lowest BCUT2D eigenvalue weighted by atomic mass is 9.73. The van der Waals surface area contributed by atoms with E-state index in [1.807, 2.05) is 16.8 Å². The average Bonchev–Trinajstić information content (AvgIpc) is 3.11. The molecule has 130 valence electrons. The fourth-order valence-electron chi connectivity index (χ4n) is 3.98. The number of morpholine rings is 1. The second-order valence-electron chi connectivity index (χ2n) is 7.15. The number of nitrogens with zero attached hydrogens (tertiary/aromatic N) is 1. The normalized spacial score (nSPS) is 23.7. The van der Waals surface area contributed by atoms with E-state index in [9.17, 15) is 5.11 Å². The smallest absolute Gasteiger partial charge is 0.0922 e. The fraction of sp³-hybridized carbons (Fsp3) is 0.778. The van der Waals surface area contributed by atoms with Gasteiger partial charge in [-0.3, -0.25) is 4.90 Å². The Morgan fingerprint density at radius 3 is 2.74 bits per heavy atom. The molecule has 1 saturated heterocycles. The SMILES string of the molecule is OC(CNCC1(CN2CCOCC2)CCCCC1)c1ccsc1. The maximum Gasteiger partial charge on any atom is 0.0922 e. The number of aliphatic hydroxyl groups excluding tert-OH is 1. The molecule has 2 heterocycles. The monoisotopic (exact) mass is 338 g/mol. The summed E-state index contributed by atoms with van der Waals surface area (Å²) in [5, 5.41) is 17.9. The number of ether oxygens (including phenoxy) is 1. The van der Waals surface area contributed by atoms with Crippen LogP contribution in [-0.4, -0.2) is 55.9 Å². The van der Waals surface area contributed by atoms with Crippen LogP contribution in [0.15, 0.2) is 16.8 Å². The van der Waals surface area contributed by atoms with E-state index in [0.717, 1.165) is 38.4 Å². The van der Waals surface area contributed by atoms with Crippen LogP contribution < -0.4 is 5.32 Å². The maximum absolute atomic E-state index is 10.3. The first-order chi connectivity index (χ1) is 11.3. The van der Waals surface area contributed by atoms with Crippen molar-refractivity contribution < 1.29 is 9.84 Å². The van der Waals surface area contributed by atoms with Crippen LogP contribution in [0.4, 0.5) is 0 Å². The molecule has 0 radical (unpaired) electrons. The zero-order chi connectivity index (χ0) is 16.0. The Hall–Kier alpha value is -0.460. The van der Waals surface area contributed by atoms with Crippen molar-refractivity contribution in [2.24, 2.45) is 5.41 Å². The molecule has 2 aliphatic rings. The third-order valence-electron chi connectivity index (χ3n) is 5.34. The van der Waals surface area contributed by atoms with Gasteiger partial charge in [-0.25, -0.2) is 0 Å².